The molecule has 0 aliphatic carbocycles. The molecule has 0 saturated heterocycles. The van der Waals surface area contributed by atoms with Crippen LogP contribution in [0.4, 0.5) is 14.5 Å². The van der Waals surface area contributed by atoms with Gasteiger partial charge in [-0.3, -0.25) is 9.59 Å². The van der Waals surface area contributed by atoms with E-state index in [2.05, 4.69) is 15.4 Å². The molecule has 0 spiro atoms. The van der Waals surface area contributed by atoms with E-state index < -0.39 is 18.6 Å². The second-order valence-corrected chi connectivity index (χ2v) is 6.93. The molecule has 0 radical (unpaired) electrons. The van der Waals surface area contributed by atoms with Crippen molar-refractivity contribution in [3.63, 3.8) is 0 Å². The highest BCUT2D eigenvalue weighted by molar-refractivity contribution is 6.00. The van der Waals surface area contributed by atoms with Crippen molar-refractivity contribution in [1.82, 2.24) is 5.32 Å². The highest BCUT2D eigenvalue weighted by Gasteiger charge is 2.18. The van der Waals surface area contributed by atoms with Crippen LogP contribution in [0.1, 0.15) is 49.7 Å². The summed E-state index contributed by atoms with van der Waals surface area (Å²) in [6, 6.07) is 10.5. The Balaban J connectivity index is 2.22. The number of hydrogen-bond acceptors (Lipinski definition) is 4. The average molecular weight is 420 g/mol. The Morgan fingerprint density at radius 2 is 1.80 bits per heavy atom. The summed E-state index contributed by atoms with van der Waals surface area (Å²) in [6.45, 7) is 4.50. The molecule has 0 bridgehead atoms. The van der Waals surface area contributed by atoms with Crippen molar-refractivity contribution in [2.24, 2.45) is 5.92 Å². The normalized spacial score (nSPS) is 11.9. The molecule has 6 nitrogen and oxygen atoms in total. The zero-order chi connectivity index (χ0) is 22.3. The van der Waals surface area contributed by atoms with Crippen molar-refractivity contribution in [3.05, 3.63) is 53.6 Å². The molecule has 0 heterocycles. The number of nitrogens with one attached hydrogen (secondary N) is 2. The van der Waals surface area contributed by atoms with Gasteiger partial charge in [-0.1, -0.05) is 26.0 Å². The van der Waals surface area contributed by atoms with Gasteiger partial charge < -0.3 is 20.1 Å². The number of amides is 2. The largest absolute Gasteiger partial charge is 0.493 e. The summed E-state index contributed by atoms with van der Waals surface area (Å²) >= 11 is 0. The lowest BCUT2D eigenvalue weighted by molar-refractivity contribution is -0.118. The van der Waals surface area contributed by atoms with Crippen LogP contribution in [0.25, 0.3) is 0 Å². The fourth-order valence-corrected chi connectivity index (χ4v) is 2.67. The number of halogens is 2. The Labute approximate surface area is 174 Å². The number of ether oxygens (including phenoxy) is 2. The number of carbonyl (C=O) groups excluding carboxylic acids is 2. The van der Waals surface area contributed by atoms with Gasteiger partial charge in [-0.15, -0.1) is 0 Å². The Morgan fingerprint density at radius 3 is 2.43 bits per heavy atom. The number of alkyl halides is 2. The van der Waals surface area contributed by atoms with Crippen LogP contribution in [0.5, 0.6) is 11.5 Å². The van der Waals surface area contributed by atoms with Crippen LogP contribution in [0.15, 0.2) is 42.5 Å². The van der Waals surface area contributed by atoms with Crippen LogP contribution in [0.2, 0.25) is 0 Å². The Morgan fingerprint density at radius 1 is 1.07 bits per heavy atom. The van der Waals surface area contributed by atoms with Crippen molar-refractivity contribution in [3.8, 4) is 11.5 Å². The first kappa shape index (κ1) is 23.1. The van der Waals surface area contributed by atoms with Gasteiger partial charge in [-0.2, -0.15) is 8.78 Å². The van der Waals surface area contributed by atoms with Crippen LogP contribution in [-0.2, 0) is 4.79 Å². The minimum atomic E-state index is -2.93. The van der Waals surface area contributed by atoms with E-state index in [0.29, 0.717) is 23.6 Å². The fourth-order valence-electron chi connectivity index (χ4n) is 2.67. The molecule has 162 valence electrons. The van der Waals surface area contributed by atoms with Crippen molar-refractivity contribution < 1.29 is 27.8 Å². The van der Waals surface area contributed by atoms with E-state index in [1.807, 2.05) is 0 Å². The molecule has 1 unspecified atom stereocenters. The molecule has 0 saturated carbocycles. The fraction of sp³-hybridized carbons (Fsp3) is 0.364. The van der Waals surface area contributed by atoms with Crippen LogP contribution < -0.4 is 20.1 Å². The second-order valence-electron chi connectivity index (χ2n) is 6.93. The van der Waals surface area contributed by atoms with Crippen molar-refractivity contribution in [2.75, 3.05) is 11.9 Å². The van der Waals surface area contributed by atoms with Crippen LogP contribution >= 0.6 is 0 Å². The molecule has 0 fully saturated rings. The molecule has 2 N–H and O–H groups in total. The van der Waals surface area contributed by atoms with Gasteiger partial charge in [0.05, 0.1) is 18.2 Å². The van der Waals surface area contributed by atoms with Crippen LogP contribution in [0.3, 0.4) is 0 Å². The minimum absolute atomic E-state index is 0.0111. The monoisotopic (exact) mass is 420 g/mol. The minimum Gasteiger partial charge on any atom is -0.493 e. The standard InChI is InChI=1S/C22H26F2N2O4/c1-5-29-19-10-9-16(26-20(27)13(2)3)12-18(19)21(28)25-14(4)15-7-6-8-17(11-15)30-22(23)24/h6-14,22H,5H2,1-4H3,(H,25,28)(H,26,27). The number of anilines is 1. The predicted molar refractivity (Wildman–Crippen MR) is 110 cm³/mol. The maximum absolute atomic E-state index is 12.9. The lowest BCUT2D eigenvalue weighted by Gasteiger charge is -2.18. The lowest BCUT2D eigenvalue weighted by Crippen LogP contribution is -2.27. The van der Waals surface area contributed by atoms with Gasteiger partial charge in [-0.25, -0.2) is 0 Å². The summed E-state index contributed by atoms with van der Waals surface area (Å²) < 4.78 is 34.8. The van der Waals surface area contributed by atoms with Gasteiger partial charge in [-0.05, 0) is 49.7 Å². The van der Waals surface area contributed by atoms with Crippen LogP contribution in [0, 0.1) is 5.92 Å². The van der Waals surface area contributed by atoms with Gasteiger partial charge >= 0.3 is 6.61 Å². The van der Waals surface area contributed by atoms with Gasteiger partial charge in [0.25, 0.3) is 5.91 Å². The summed E-state index contributed by atoms with van der Waals surface area (Å²) in [4.78, 5) is 24.9. The zero-order valence-electron chi connectivity index (χ0n) is 17.4. The van der Waals surface area contributed by atoms with Gasteiger partial charge in [0, 0.05) is 11.6 Å². The van der Waals surface area contributed by atoms with Crippen molar-refractivity contribution >= 4 is 17.5 Å². The van der Waals surface area contributed by atoms with E-state index in [0.717, 1.165) is 0 Å². The first-order valence-electron chi connectivity index (χ1n) is 9.64. The molecule has 2 amide bonds. The number of hydrogen-bond donors (Lipinski definition) is 2. The van der Waals surface area contributed by atoms with Gasteiger partial charge in [0.2, 0.25) is 5.91 Å². The van der Waals surface area contributed by atoms with Gasteiger partial charge in [0.1, 0.15) is 11.5 Å². The molecule has 2 aromatic carbocycles. The SMILES string of the molecule is CCOc1ccc(NC(=O)C(C)C)cc1C(=O)NC(C)c1cccc(OC(F)F)c1. The molecular formula is C22H26F2N2O4. The maximum atomic E-state index is 12.9. The summed E-state index contributed by atoms with van der Waals surface area (Å²) in [5.41, 5.74) is 1.33. The molecule has 0 aromatic heterocycles. The van der Waals surface area contributed by atoms with Gasteiger partial charge in [0.15, 0.2) is 0 Å². The summed E-state index contributed by atoms with van der Waals surface area (Å²) in [5, 5.41) is 5.57. The second kappa shape index (κ2) is 10.6. The molecule has 0 aliphatic heterocycles. The average Bonchev–Trinajstić information content (AvgIpc) is 2.68. The van der Waals surface area contributed by atoms with E-state index in [9.17, 15) is 18.4 Å². The van der Waals surface area contributed by atoms with E-state index in [4.69, 9.17) is 4.74 Å². The predicted octanol–water partition coefficient (Wildman–Crippen LogP) is 4.77. The van der Waals surface area contributed by atoms with E-state index in [1.165, 1.54) is 12.1 Å². The first-order valence-corrected chi connectivity index (χ1v) is 9.64. The smallest absolute Gasteiger partial charge is 0.387 e. The van der Waals surface area contributed by atoms with Crippen molar-refractivity contribution in [1.29, 1.82) is 0 Å². The number of rotatable bonds is 9. The maximum Gasteiger partial charge on any atom is 0.387 e. The number of benzene rings is 2. The molecule has 2 aromatic rings. The number of carbonyl (C=O) groups is 2. The molecular weight excluding hydrogens is 394 g/mol. The Bertz CT molecular complexity index is 887. The molecule has 2 rings (SSSR count). The third kappa shape index (κ3) is 6.43. The lowest BCUT2D eigenvalue weighted by atomic mass is 10.1. The van der Waals surface area contributed by atoms with E-state index in [1.54, 1.807) is 58.0 Å². The Kier molecular flexibility index (Phi) is 8.15. The highest BCUT2D eigenvalue weighted by Crippen LogP contribution is 2.26. The highest BCUT2D eigenvalue weighted by atomic mass is 19.3. The van der Waals surface area contributed by atoms with Crippen LogP contribution in [-0.4, -0.2) is 25.0 Å². The molecule has 8 heteroatoms. The Hall–Kier alpha value is -3.16. The summed E-state index contributed by atoms with van der Waals surface area (Å²) in [7, 11) is 0. The zero-order valence-corrected chi connectivity index (χ0v) is 17.4. The molecule has 0 aliphatic rings. The van der Waals surface area contributed by atoms with E-state index in [-0.39, 0.29) is 23.1 Å². The topological polar surface area (TPSA) is 76.7 Å². The van der Waals surface area contributed by atoms with E-state index >= 15 is 0 Å². The quantitative estimate of drug-likeness (QED) is 0.613. The summed E-state index contributed by atoms with van der Waals surface area (Å²) in [6.07, 6.45) is 0. The summed E-state index contributed by atoms with van der Waals surface area (Å²) in [5.74, 6) is -0.422. The third-order valence-electron chi connectivity index (χ3n) is 4.25. The first-order chi connectivity index (χ1) is 14.2. The van der Waals surface area contributed by atoms with Crippen molar-refractivity contribution in [2.45, 2.75) is 40.3 Å². The molecule has 30 heavy (non-hydrogen) atoms. The molecule has 1 atom stereocenters. The third-order valence-corrected chi connectivity index (χ3v) is 4.25.